The van der Waals surface area contributed by atoms with Gasteiger partial charge in [-0.05, 0) is 18.8 Å². The quantitative estimate of drug-likeness (QED) is 0.476. The largest absolute Gasteiger partial charge is 0.381 e. The summed E-state index contributed by atoms with van der Waals surface area (Å²) in [4.78, 5) is 0. The van der Waals surface area contributed by atoms with Crippen molar-refractivity contribution in [2.75, 3.05) is 13.2 Å². The zero-order chi connectivity index (χ0) is 12.1. The molecular weight excluding hydrogens is 357 g/mol. The van der Waals surface area contributed by atoms with Crippen molar-refractivity contribution in [1.29, 1.82) is 0 Å². The normalized spacial score (nSPS) is 23.0. The van der Waals surface area contributed by atoms with Crippen LogP contribution in [0.1, 0.15) is 19.8 Å². The summed E-state index contributed by atoms with van der Waals surface area (Å²) in [6, 6.07) is 0. The van der Waals surface area contributed by atoms with Crippen LogP contribution >= 0.6 is 66.5 Å². The first kappa shape index (κ1) is 17.1. The minimum absolute atomic E-state index is 0.814. The van der Waals surface area contributed by atoms with Gasteiger partial charge in [0, 0.05) is 13.2 Å². The van der Waals surface area contributed by atoms with Crippen molar-refractivity contribution in [2.24, 2.45) is 5.92 Å². The molecule has 1 aliphatic rings. The zero-order valence-corrected chi connectivity index (χ0v) is 14.6. The van der Waals surface area contributed by atoms with E-state index in [4.69, 9.17) is 71.2 Å². The molecule has 1 unspecified atom stereocenters. The predicted octanol–water partition coefficient (Wildman–Crippen LogP) is 4.81. The third-order valence-corrected chi connectivity index (χ3v) is 27.4. The molecule has 0 radical (unpaired) electrons. The van der Waals surface area contributed by atoms with Gasteiger partial charge in [-0.25, -0.2) is 0 Å². The summed E-state index contributed by atoms with van der Waals surface area (Å²) in [7, 11) is 0. The SMILES string of the molecule is CC1CCCOC1.Cl[Si](Cl)(Cl)[Si](Cl)(Cl)Cl. The van der Waals surface area contributed by atoms with E-state index < -0.39 is 11.0 Å². The number of hydrogen-bond donors (Lipinski definition) is 0. The van der Waals surface area contributed by atoms with Gasteiger partial charge in [-0.3, -0.25) is 0 Å². The Morgan fingerprint density at radius 1 is 1.00 bits per heavy atom. The van der Waals surface area contributed by atoms with E-state index in [9.17, 15) is 0 Å². The first-order valence-electron chi connectivity index (χ1n) is 4.36. The molecule has 1 saturated heterocycles. The first-order valence-corrected chi connectivity index (χ1v) is 15.4. The Labute approximate surface area is 120 Å². The van der Waals surface area contributed by atoms with Gasteiger partial charge in [0.2, 0.25) is 0 Å². The van der Waals surface area contributed by atoms with Gasteiger partial charge in [0.25, 0.3) is 0 Å². The van der Waals surface area contributed by atoms with Crippen molar-refractivity contribution < 1.29 is 4.74 Å². The summed E-state index contributed by atoms with van der Waals surface area (Å²) in [5, 5.41) is 0. The molecule has 0 aromatic rings. The Kier molecular flexibility index (Phi) is 8.62. The maximum atomic E-state index is 5.34. The van der Waals surface area contributed by atoms with E-state index in [1.807, 2.05) is 0 Å². The molecule has 0 saturated carbocycles. The molecule has 0 spiro atoms. The van der Waals surface area contributed by atoms with E-state index in [1.54, 1.807) is 0 Å². The maximum absolute atomic E-state index is 5.34. The summed E-state index contributed by atoms with van der Waals surface area (Å²) >= 11 is 32.1. The zero-order valence-electron chi connectivity index (χ0n) is 8.08. The van der Waals surface area contributed by atoms with Crippen LogP contribution in [0.15, 0.2) is 0 Å². The third kappa shape index (κ3) is 8.80. The molecule has 1 atom stereocenters. The molecule has 92 valence electrons. The highest BCUT2D eigenvalue weighted by Gasteiger charge is 2.52. The smallest absolute Gasteiger partial charge is 0.376 e. The lowest BCUT2D eigenvalue weighted by molar-refractivity contribution is 0.0616. The number of ether oxygens (including phenoxy) is 1. The monoisotopic (exact) mass is 366 g/mol. The van der Waals surface area contributed by atoms with Gasteiger partial charge in [0.05, 0.1) is 0 Å². The van der Waals surface area contributed by atoms with Crippen LogP contribution < -0.4 is 0 Å². The minimum atomic E-state index is -3.01. The lowest BCUT2D eigenvalue weighted by Gasteiger charge is -2.16. The maximum Gasteiger partial charge on any atom is 0.376 e. The van der Waals surface area contributed by atoms with Crippen LogP contribution in [0.2, 0.25) is 0 Å². The van der Waals surface area contributed by atoms with Crippen LogP contribution in [0.25, 0.3) is 0 Å². The fourth-order valence-electron chi connectivity index (χ4n) is 0.902. The minimum Gasteiger partial charge on any atom is -0.381 e. The predicted molar refractivity (Wildman–Crippen MR) is 75.8 cm³/mol. The average Bonchev–Trinajstić information content (AvgIpc) is 2.02. The fourth-order valence-corrected chi connectivity index (χ4v) is 0.902. The molecule has 0 N–H and O–H groups in total. The number of hydrogen-bond acceptors (Lipinski definition) is 1. The number of halogens is 6. The molecule has 1 heterocycles. The van der Waals surface area contributed by atoms with Crippen LogP contribution in [0.5, 0.6) is 0 Å². The summed E-state index contributed by atoms with van der Waals surface area (Å²) in [5.74, 6) is 0.814. The summed E-state index contributed by atoms with van der Waals surface area (Å²) < 4.78 is 5.18. The topological polar surface area (TPSA) is 9.23 Å². The highest BCUT2D eigenvalue weighted by atomic mass is 35.9. The lowest BCUT2D eigenvalue weighted by atomic mass is 10.1. The molecule has 9 heteroatoms. The Bertz CT molecular complexity index is 161. The van der Waals surface area contributed by atoms with Crippen LogP contribution in [0.4, 0.5) is 0 Å². The van der Waals surface area contributed by atoms with E-state index in [-0.39, 0.29) is 0 Å². The molecule has 1 aliphatic heterocycles. The van der Waals surface area contributed by atoms with Crippen molar-refractivity contribution in [2.45, 2.75) is 19.8 Å². The van der Waals surface area contributed by atoms with E-state index in [0.29, 0.717) is 0 Å². The molecule has 0 amide bonds. The van der Waals surface area contributed by atoms with Gasteiger partial charge in [-0.1, -0.05) is 6.92 Å². The van der Waals surface area contributed by atoms with Gasteiger partial charge in [-0.2, -0.15) is 0 Å². The average molecular weight is 369 g/mol. The first-order chi connectivity index (χ1) is 6.64. The molecule has 0 bridgehead atoms. The lowest BCUT2D eigenvalue weighted by Crippen LogP contribution is -2.36. The Balaban J connectivity index is 0.000000262. The molecular formula is C6H12Cl6OSi2. The molecule has 0 aliphatic carbocycles. The van der Waals surface area contributed by atoms with E-state index in [2.05, 4.69) is 6.92 Å². The van der Waals surface area contributed by atoms with Crippen molar-refractivity contribution in [1.82, 2.24) is 0 Å². The molecule has 15 heavy (non-hydrogen) atoms. The molecule has 0 aromatic heterocycles. The second-order valence-corrected chi connectivity index (χ2v) is 29.2. The van der Waals surface area contributed by atoms with Gasteiger partial charge in [-0.15, -0.1) is 66.5 Å². The van der Waals surface area contributed by atoms with Crippen molar-refractivity contribution >= 4 is 77.5 Å². The highest BCUT2D eigenvalue weighted by molar-refractivity contribution is 8.10. The second kappa shape index (κ2) is 7.54. The fraction of sp³-hybridized carbons (Fsp3) is 1.00. The Hall–Kier alpha value is 2.13. The van der Waals surface area contributed by atoms with E-state index in [0.717, 1.165) is 19.1 Å². The Morgan fingerprint density at radius 3 is 1.60 bits per heavy atom. The van der Waals surface area contributed by atoms with E-state index >= 15 is 0 Å². The van der Waals surface area contributed by atoms with Gasteiger partial charge < -0.3 is 4.74 Å². The van der Waals surface area contributed by atoms with Crippen molar-refractivity contribution in [3.8, 4) is 0 Å². The molecule has 1 fully saturated rings. The standard InChI is InChI=1S/C6H12O.Cl6Si2/c1-6-3-2-4-7-5-6;1-7(2,3)8(4,5)6/h6H,2-5H2,1H3;. The van der Waals surface area contributed by atoms with Crippen molar-refractivity contribution in [3.05, 3.63) is 0 Å². The van der Waals surface area contributed by atoms with Crippen LogP contribution in [-0.2, 0) is 4.74 Å². The van der Waals surface area contributed by atoms with Gasteiger partial charge in [0.1, 0.15) is 0 Å². The van der Waals surface area contributed by atoms with Gasteiger partial charge in [0.15, 0.2) is 0 Å². The van der Waals surface area contributed by atoms with Gasteiger partial charge >= 0.3 is 11.0 Å². The highest BCUT2D eigenvalue weighted by Crippen LogP contribution is 2.39. The Morgan fingerprint density at radius 2 is 1.47 bits per heavy atom. The van der Waals surface area contributed by atoms with Crippen molar-refractivity contribution in [3.63, 3.8) is 0 Å². The molecule has 1 nitrogen and oxygen atoms in total. The number of rotatable bonds is 1. The third-order valence-electron chi connectivity index (χ3n) is 1.71. The molecule has 0 aromatic carbocycles. The summed E-state index contributed by atoms with van der Waals surface area (Å²) in [5.41, 5.74) is -6.01. The van der Waals surface area contributed by atoms with Crippen LogP contribution in [0, 0.1) is 5.92 Å². The summed E-state index contributed by atoms with van der Waals surface area (Å²) in [6.45, 7) is 4.21. The van der Waals surface area contributed by atoms with E-state index in [1.165, 1.54) is 12.8 Å². The summed E-state index contributed by atoms with van der Waals surface area (Å²) in [6.07, 6.45) is 2.63. The van der Waals surface area contributed by atoms with Crippen LogP contribution in [0.3, 0.4) is 0 Å². The second-order valence-electron chi connectivity index (χ2n) is 3.32. The van der Waals surface area contributed by atoms with Crippen LogP contribution in [-0.4, -0.2) is 24.3 Å². The molecule has 1 rings (SSSR count).